The molecular formula is C60H84NO7. The van der Waals surface area contributed by atoms with Gasteiger partial charge < -0.3 is 18.9 Å². The third-order valence-corrected chi connectivity index (χ3v) is 14.1. The lowest BCUT2D eigenvalue weighted by atomic mass is 9.89. The topological polar surface area (TPSA) is 94.2 Å². The molecule has 0 N–H and O–H groups in total. The van der Waals surface area contributed by atoms with E-state index in [-0.39, 0.29) is 0 Å². The molecule has 0 amide bonds. The van der Waals surface area contributed by atoms with Crippen LogP contribution in [0.4, 0.5) is 0 Å². The second-order valence-corrected chi connectivity index (χ2v) is 19.7. The van der Waals surface area contributed by atoms with Crippen molar-refractivity contribution in [2.24, 2.45) is 0 Å². The standard InChI is InChI=1S/C60H84NO7/c1-5-7-9-11-13-15-17-19-21-23-25-27-47-65-53-37-29-49(30-38-53)57(62)67-55-41-33-51(34-42-55)59(3)45-46-60(4,61(59)64)52-35-43-56(44-36-52)68-58(63)50-31-39-54(40-32-50)66-48-28-26-24-22-20-18-16-14-12-10-8-6-2/h29-44H,5-28,45-48H2,1-4H3/t59-,60-/m0/s1. The number of benzene rings is 4. The highest BCUT2D eigenvalue weighted by atomic mass is 16.5. The zero-order valence-corrected chi connectivity index (χ0v) is 42.3. The average molecular weight is 931 g/mol. The minimum atomic E-state index is -0.798. The smallest absolute Gasteiger partial charge is 0.343 e. The molecule has 1 heterocycles. The number of unbranched alkanes of at least 4 members (excludes halogenated alkanes) is 22. The van der Waals surface area contributed by atoms with Gasteiger partial charge in [-0.25, -0.2) is 9.59 Å². The van der Waals surface area contributed by atoms with Gasteiger partial charge in [0, 0.05) is 0 Å². The average Bonchev–Trinajstić information content (AvgIpc) is 3.60. The van der Waals surface area contributed by atoms with E-state index in [1.165, 1.54) is 146 Å². The van der Waals surface area contributed by atoms with E-state index in [1.807, 2.05) is 62.4 Å². The predicted octanol–water partition coefficient (Wildman–Crippen LogP) is 16.9. The van der Waals surface area contributed by atoms with Crippen molar-refractivity contribution in [1.29, 1.82) is 0 Å². The summed E-state index contributed by atoms with van der Waals surface area (Å²) in [6.45, 7) is 9.79. The van der Waals surface area contributed by atoms with E-state index in [9.17, 15) is 14.8 Å². The fourth-order valence-electron chi connectivity index (χ4n) is 9.49. The van der Waals surface area contributed by atoms with Gasteiger partial charge in [-0.1, -0.05) is 179 Å². The van der Waals surface area contributed by atoms with Crippen LogP contribution in [0.3, 0.4) is 0 Å². The van der Waals surface area contributed by atoms with Gasteiger partial charge in [-0.05, 0) is 123 Å². The molecule has 1 aliphatic heterocycles. The van der Waals surface area contributed by atoms with Crippen LogP contribution in [0.1, 0.15) is 226 Å². The van der Waals surface area contributed by atoms with Crippen molar-refractivity contribution in [3.05, 3.63) is 119 Å². The molecule has 1 saturated heterocycles. The van der Waals surface area contributed by atoms with Gasteiger partial charge in [0.2, 0.25) is 0 Å². The number of ether oxygens (including phenoxy) is 4. The van der Waals surface area contributed by atoms with Gasteiger partial charge >= 0.3 is 11.9 Å². The minimum Gasteiger partial charge on any atom is -0.494 e. The number of rotatable bonds is 34. The highest BCUT2D eigenvalue weighted by Gasteiger charge is 2.52. The van der Waals surface area contributed by atoms with E-state index in [1.54, 1.807) is 48.5 Å². The second kappa shape index (κ2) is 30.1. The lowest BCUT2D eigenvalue weighted by molar-refractivity contribution is -0.260. The molecule has 0 saturated carbocycles. The van der Waals surface area contributed by atoms with Gasteiger partial charge in [0.05, 0.1) is 35.4 Å². The molecule has 1 radical (unpaired) electrons. The van der Waals surface area contributed by atoms with E-state index in [0.29, 0.717) is 48.7 Å². The molecular weight excluding hydrogens is 847 g/mol. The summed E-state index contributed by atoms with van der Waals surface area (Å²) in [7, 11) is 0. The van der Waals surface area contributed by atoms with Gasteiger partial charge in [-0.2, -0.15) is 0 Å². The van der Waals surface area contributed by atoms with Crippen LogP contribution in [-0.2, 0) is 16.3 Å². The summed E-state index contributed by atoms with van der Waals surface area (Å²) >= 11 is 0. The zero-order chi connectivity index (χ0) is 48.3. The van der Waals surface area contributed by atoms with E-state index >= 15 is 0 Å². The normalized spacial score (nSPS) is 17.0. The summed E-state index contributed by atoms with van der Waals surface area (Å²) in [5.74, 6) is 1.41. The van der Waals surface area contributed by atoms with Gasteiger partial charge in [0.25, 0.3) is 0 Å². The second-order valence-electron chi connectivity index (χ2n) is 19.7. The first-order valence-electron chi connectivity index (χ1n) is 26.7. The van der Waals surface area contributed by atoms with Crippen molar-refractivity contribution in [3.8, 4) is 23.0 Å². The van der Waals surface area contributed by atoms with Crippen molar-refractivity contribution in [2.75, 3.05) is 13.2 Å². The Morgan fingerprint density at radius 1 is 0.397 bits per heavy atom. The van der Waals surface area contributed by atoms with E-state index < -0.39 is 23.0 Å². The fraction of sp³-hybridized carbons (Fsp3) is 0.567. The third-order valence-electron chi connectivity index (χ3n) is 14.1. The molecule has 371 valence electrons. The maximum Gasteiger partial charge on any atom is 0.343 e. The SMILES string of the molecule is CCCCCCCCCCCCCCOc1ccc(C(=O)Oc2ccc([C@]3(C)CC[C@@](C)(c4ccc(OC(=O)c5ccc(OCCCCCCCCCCCCCC)cc5)cc4)N3[O])cc2)cc1. The van der Waals surface area contributed by atoms with Gasteiger partial charge in [-0.15, -0.1) is 10.3 Å². The van der Waals surface area contributed by atoms with Crippen LogP contribution in [0.5, 0.6) is 23.0 Å². The molecule has 68 heavy (non-hydrogen) atoms. The molecule has 8 heteroatoms. The van der Waals surface area contributed by atoms with Gasteiger partial charge in [-0.3, -0.25) is 0 Å². The first-order valence-corrected chi connectivity index (χ1v) is 26.7. The fourth-order valence-corrected chi connectivity index (χ4v) is 9.49. The first kappa shape index (κ1) is 54.3. The minimum absolute atomic E-state index is 0.410. The maximum atomic E-state index is 14.2. The number of carbonyl (C=O) groups is 2. The Labute approximate surface area is 410 Å². The highest BCUT2D eigenvalue weighted by molar-refractivity contribution is 5.91. The van der Waals surface area contributed by atoms with Gasteiger partial charge in [0.1, 0.15) is 23.0 Å². The number of nitrogens with zero attached hydrogens (tertiary/aromatic N) is 1. The van der Waals surface area contributed by atoms with Gasteiger partial charge in [0.15, 0.2) is 0 Å². The monoisotopic (exact) mass is 931 g/mol. The molecule has 8 nitrogen and oxygen atoms in total. The third kappa shape index (κ3) is 17.7. The molecule has 0 aliphatic carbocycles. The lowest BCUT2D eigenvalue weighted by Crippen LogP contribution is -2.44. The predicted molar refractivity (Wildman–Crippen MR) is 275 cm³/mol. The highest BCUT2D eigenvalue weighted by Crippen LogP contribution is 2.51. The maximum absolute atomic E-state index is 14.2. The van der Waals surface area contributed by atoms with E-state index in [4.69, 9.17) is 18.9 Å². The van der Waals surface area contributed by atoms with Crippen molar-refractivity contribution in [3.63, 3.8) is 0 Å². The van der Waals surface area contributed by atoms with Crippen LogP contribution < -0.4 is 18.9 Å². The van der Waals surface area contributed by atoms with Crippen molar-refractivity contribution < 1.29 is 33.7 Å². The number of hydrogen-bond acceptors (Lipinski definition) is 7. The van der Waals surface area contributed by atoms with Crippen molar-refractivity contribution in [1.82, 2.24) is 5.06 Å². The zero-order valence-electron chi connectivity index (χ0n) is 42.3. The Morgan fingerprint density at radius 2 is 0.662 bits per heavy atom. The largest absolute Gasteiger partial charge is 0.494 e. The number of hydrogen-bond donors (Lipinski definition) is 0. The van der Waals surface area contributed by atoms with E-state index in [2.05, 4.69) is 13.8 Å². The molecule has 2 atom stereocenters. The molecule has 4 aromatic rings. The Kier molecular flexibility index (Phi) is 24.0. The number of carbonyl (C=O) groups excluding carboxylic acids is 2. The quantitative estimate of drug-likeness (QED) is 0.0262. The molecule has 0 bridgehead atoms. The summed E-state index contributed by atoms with van der Waals surface area (Å²) in [5, 5.41) is 15.4. The molecule has 4 aromatic carbocycles. The van der Waals surface area contributed by atoms with Crippen molar-refractivity contribution >= 4 is 11.9 Å². The molecule has 0 aromatic heterocycles. The molecule has 0 unspecified atom stereocenters. The van der Waals surface area contributed by atoms with Crippen LogP contribution in [-0.4, -0.2) is 30.2 Å². The Bertz CT molecular complexity index is 1850. The summed E-state index contributed by atoms with van der Waals surface area (Å²) in [6.07, 6.45) is 32.6. The Morgan fingerprint density at radius 3 is 0.956 bits per heavy atom. The van der Waals surface area contributed by atoms with Crippen molar-refractivity contribution in [2.45, 2.75) is 206 Å². The molecule has 1 fully saturated rings. The summed E-state index contributed by atoms with van der Waals surface area (Å²) in [6, 6.07) is 28.7. The van der Waals surface area contributed by atoms with Crippen LogP contribution >= 0.6 is 0 Å². The Hall–Kier alpha value is -4.66. The first-order chi connectivity index (χ1) is 33.2. The van der Waals surface area contributed by atoms with Crippen LogP contribution in [0, 0.1) is 0 Å². The van der Waals surface area contributed by atoms with Crippen LogP contribution in [0.15, 0.2) is 97.1 Å². The summed E-state index contributed by atoms with van der Waals surface area (Å²) < 4.78 is 23.3. The molecule has 1 aliphatic rings. The molecule has 0 spiro atoms. The lowest BCUT2D eigenvalue weighted by Gasteiger charge is -2.37. The number of esters is 2. The van der Waals surface area contributed by atoms with E-state index in [0.717, 1.165) is 35.5 Å². The van der Waals surface area contributed by atoms with Crippen LogP contribution in [0.2, 0.25) is 0 Å². The number of hydroxylamine groups is 2. The summed E-state index contributed by atoms with van der Waals surface area (Å²) in [4.78, 5) is 26.0. The molecule has 5 rings (SSSR count). The summed E-state index contributed by atoms with van der Waals surface area (Å²) in [5.41, 5.74) is 0.976. The van der Waals surface area contributed by atoms with Crippen LogP contribution in [0.25, 0.3) is 0 Å². The Balaban J connectivity index is 0.981.